The van der Waals surface area contributed by atoms with Crippen LogP contribution in [0.15, 0.2) is 53.4 Å². The fraction of sp³-hybridized carbons (Fsp3) is 0.286. The average Bonchev–Trinajstić information content (AvgIpc) is 2.79. The molecule has 0 radical (unpaired) electrons. The molecule has 0 saturated carbocycles. The Morgan fingerprint density at radius 1 is 1.03 bits per heavy atom. The quantitative estimate of drug-likeness (QED) is 0.0831. The van der Waals surface area contributed by atoms with E-state index >= 15 is 0 Å². The Kier molecular flexibility index (Phi) is 10.7. The zero-order valence-electron chi connectivity index (χ0n) is 18.6. The van der Waals surface area contributed by atoms with E-state index in [2.05, 4.69) is 20.9 Å². The number of sulfonamides is 1. The molecule has 9 N–H and O–H groups in total. The number of nitrogens with two attached hydrogens (primary N) is 2. The normalized spacial score (nSPS) is 13.0. The van der Waals surface area contributed by atoms with E-state index in [-0.39, 0.29) is 40.3 Å². The van der Waals surface area contributed by atoms with Crippen molar-refractivity contribution in [2.75, 3.05) is 6.54 Å². The van der Waals surface area contributed by atoms with Crippen LogP contribution >= 0.6 is 23.2 Å². The molecule has 190 valence electrons. The molecule has 2 aromatic rings. The van der Waals surface area contributed by atoms with Crippen molar-refractivity contribution in [1.29, 1.82) is 5.41 Å². The topological polar surface area (TPSA) is 192 Å². The van der Waals surface area contributed by atoms with Gasteiger partial charge in [-0.2, -0.15) is 0 Å². The second kappa shape index (κ2) is 13.3. The first-order valence-electron chi connectivity index (χ1n) is 10.4. The van der Waals surface area contributed by atoms with Crippen LogP contribution in [0.4, 0.5) is 0 Å². The average molecular weight is 544 g/mol. The molecule has 14 heteroatoms. The molecular formula is C21H27Cl2N7O4S. The number of halogens is 2. The number of hydrogen-bond acceptors (Lipinski definition) is 6. The van der Waals surface area contributed by atoms with Crippen LogP contribution in [0.2, 0.25) is 10.0 Å². The molecule has 0 bridgehead atoms. The Hall–Kier alpha value is -2.90. The molecule has 35 heavy (non-hydrogen) atoms. The number of benzene rings is 2. The van der Waals surface area contributed by atoms with Crippen LogP contribution in [0.5, 0.6) is 0 Å². The largest absolute Gasteiger partial charge is 0.370 e. The van der Waals surface area contributed by atoms with E-state index in [1.807, 2.05) is 6.07 Å². The van der Waals surface area contributed by atoms with E-state index in [4.69, 9.17) is 40.1 Å². The van der Waals surface area contributed by atoms with Crippen molar-refractivity contribution >= 4 is 51.0 Å². The Morgan fingerprint density at radius 3 is 2.34 bits per heavy atom. The first-order chi connectivity index (χ1) is 16.5. The molecule has 2 amide bonds. The molecule has 0 aliphatic rings. The molecule has 2 rings (SSSR count). The van der Waals surface area contributed by atoms with Gasteiger partial charge in [0, 0.05) is 18.0 Å². The zero-order valence-corrected chi connectivity index (χ0v) is 20.9. The number of guanidine groups is 1. The Labute approximate surface area is 213 Å². The van der Waals surface area contributed by atoms with Gasteiger partial charge in [-0.1, -0.05) is 53.5 Å². The van der Waals surface area contributed by atoms with Crippen molar-refractivity contribution in [3.63, 3.8) is 0 Å². The lowest BCUT2D eigenvalue weighted by molar-refractivity contribution is -0.128. The molecule has 0 fully saturated rings. The molecule has 2 aromatic carbocycles. The lowest BCUT2D eigenvalue weighted by Gasteiger charge is -2.22. The molecule has 0 spiro atoms. The molecule has 11 nitrogen and oxygen atoms in total. The maximum absolute atomic E-state index is 13.0. The molecule has 0 aliphatic heterocycles. The van der Waals surface area contributed by atoms with E-state index in [1.165, 1.54) is 18.2 Å². The Morgan fingerprint density at radius 2 is 1.71 bits per heavy atom. The maximum Gasteiger partial charge on any atom is 0.254 e. The summed E-state index contributed by atoms with van der Waals surface area (Å²) in [6, 6.07) is 10.8. The molecule has 2 atom stereocenters. The highest BCUT2D eigenvalue weighted by atomic mass is 35.5. The minimum absolute atomic E-state index is 0.0630. The summed E-state index contributed by atoms with van der Waals surface area (Å²) in [4.78, 5) is 26.8. The summed E-state index contributed by atoms with van der Waals surface area (Å²) < 4.78 is 25.5. The van der Waals surface area contributed by atoms with Gasteiger partial charge >= 0.3 is 0 Å². The van der Waals surface area contributed by atoms with Crippen molar-refractivity contribution in [3.8, 4) is 0 Å². The smallest absolute Gasteiger partial charge is 0.254 e. The van der Waals surface area contributed by atoms with E-state index in [0.717, 1.165) is 5.56 Å². The minimum atomic E-state index is -4.20. The predicted octanol–water partition coefficient (Wildman–Crippen LogP) is 0.621. The van der Waals surface area contributed by atoms with Gasteiger partial charge in [0.1, 0.15) is 17.0 Å². The highest BCUT2D eigenvalue weighted by molar-refractivity contribution is 7.89. The van der Waals surface area contributed by atoms with Gasteiger partial charge in [0.15, 0.2) is 5.96 Å². The maximum atomic E-state index is 13.0. The number of nitrogens with one attached hydrogen (secondary N) is 5. The molecule has 0 heterocycles. The molecule has 0 saturated heterocycles. The standard InChI is InChI=1S/C21H27Cl2N7O4S/c22-14-8-9-15(23)18(12-14)35(33,34)30-29-16(7-4-10-27-21(25)26)20(32)28-17(19(24)31)11-13-5-2-1-3-6-13/h1-3,5-6,8-9,12,16-17,29-30H,4,7,10-11H2,(H2,24,31)(H,28,32)(H4,25,26,27)/t16-,17-/m0/s1. The first kappa shape index (κ1) is 28.3. The number of hydrogen-bond donors (Lipinski definition) is 7. The minimum Gasteiger partial charge on any atom is -0.370 e. The highest BCUT2D eigenvalue weighted by Crippen LogP contribution is 2.24. The van der Waals surface area contributed by atoms with E-state index in [0.29, 0.717) is 6.42 Å². The molecular weight excluding hydrogens is 517 g/mol. The van der Waals surface area contributed by atoms with E-state index in [9.17, 15) is 18.0 Å². The lowest BCUT2D eigenvalue weighted by Crippen LogP contribution is -2.56. The second-order valence-corrected chi connectivity index (χ2v) is 10.0. The van der Waals surface area contributed by atoms with Crippen LogP contribution in [-0.2, 0) is 26.0 Å². The van der Waals surface area contributed by atoms with Gasteiger partial charge in [-0.05, 0) is 36.6 Å². The lowest BCUT2D eigenvalue weighted by atomic mass is 10.0. The Bertz CT molecular complexity index is 1150. The van der Waals surface area contributed by atoms with Crippen LogP contribution in [-0.4, -0.2) is 44.8 Å². The molecule has 0 unspecified atom stereocenters. The number of rotatable bonds is 13. The van der Waals surface area contributed by atoms with Crippen molar-refractivity contribution < 1.29 is 18.0 Å². The summed E-state index contributed by atoms with van der Waals surface area (Å²) in [5.74, 6) is -1.65. The Balaban J connectivity index is 2.15. The highest BCUT2D eigenvalue weighted by Gasteiger charge is 2.27. The van der Waals surface area contributed by atoms with E-state index < -0.39 is 33.9 Å². The van der Waals surface area contributed by atoms with Crippen LogP contribution in [0.25, 0.3) is 0 Å². The second-order valence-electron chi connectivity index (χ2n) is 7.51. The predicted molar refractivity (Wildman–Crippen MR) is 134 cm³/mol. The third-order valence-electron chi connectivity index (χ3n) is 4.79. The van der Waals surface area contributed by atoms with Crippen molar-refractivity contribution in [3.05, 3.63) is 64.1 Å². The van der Waals surface area contributed by atoms with Crippen molar-refractivity contribution in [2.45, 2.75) is 36.2 Å². The van der Waals surface area contributed by atoms with Crippen LogP contribution in [0.1, 0.15) is 18.4 Å². The van der Waals surface area contributed by atoms with Crippen LogP contribution in [0.3, 0.4) is 0 Å². The summed E-state index contributed by atoms with van der Waals surface area (Å²) in [5.41, 5.74) is 14.0. The SMILES string of the molecule is N=C(N)NCCC[C@H](NNS(=O)(=O)c1cc(Cl)ccc1Cl)C(=O)N[C@@H](Cc1ccccc1)C(N)=O. The summed E-state index contributed by atoms with van der Waals surface area (Å²) in [7, 11) is -4.20. The molecule has 0 aromatic heterocycles. The van der Waals surface area contributed by atoms with Crippen molar-refractivity contribution in [2.24, 2.45) is 11.5 Å². The number of primary amides is 1. The number of carbonyl (C=O) groups is 2. The fourth-order valence-corrected chi connectivity index (χ4v) is 4.70. The van der Waals surface area contributed by atoms with Gasteiger partial charge in [-0.3, -0.25) is 15.0 Å². The first-order valence-corrected chi connectivity index (χ1v) is 12.7. The van der Waals surface area contributed by atoms with Gasteiger partial charge in [-0.15, -0.1) is 4.83 Å². The number of hydrazine groups is 1. The van der Waals surface area contributed by atoms with Gasteiger partial charge in [0.25, 0.3) is 10.0 Å². The number of amides is 2. The summed E-state index contributed by atoms with van der Waals surface area (Å²) in [6.07, 6.45) is 0.614. The summed E-state index contributed by atoms with van der Waals surface area (Å²) in [6.45, 7) is 0.261. The van der Waals surface area contributed by atoms with Gasteiger partial charge in [-0.25, -0.2) is 13.8 Å². The van der Waals surface area contributed by atoms with Gasteiger partial charge < -0.3 is 22.1 Å². The van der Waals surface area contributed by atoms with Crippen LogP contribution < -0.4 is 32.4 Å². The van der Waals surface area contributed by atoms with E-state index in [1.54, 1.807) is 24.3 Å². The third kappa shape index (κ3) is 9.34. The van der Waals surface area contributed by atoms with Gasteiger partial charge in [0.2, 0.25) is 11.8 Å². The third-order valence-corrected chi connectivity index (χ3v) is 6.77. The van der Waals surface area contributed by atoms with Crippen molar-refractivity contribution in [1.82, 2.24) is 20.9 Å². The zero-order chi connectivity index (χ0) is 26.0. The number of carbonyl (C=O) groups excluding carboxylic acids is 2. The van der Waals surface area contributed by atoms with Gasteiger partial charge in [0.05, 0.1) is 5.02 Å². The summed E-state index contributed by atoms with van der Waals surface area (Å²) in [5, 5.41) is 12.5. The fourth-order valence-electron chi connectivity index (χ4n) is 3.03. The molecule has 0 aliphatic carbocycles. The monoisotopic (exact) mass is 543 g/mol. The summed E-state index contributed by atoms with van der Waals surface area (Å²) >= 11 is 11.9. The van der Waals surface area contributed by atoms with Crippen LogP contribution in [0, 0.1) is 5.41 Å².